The van der Waals surface area contributed by atoms with E-state index in [9.17, 15) is 5.11 Å². The molecule has 1 saturated carbocycles. The quantitative estimate of drug-likeness (QED) is 0.531. The largest absolute Gasteiger partial charge is 0.508 e. The highest BCUT2D eigenvalue weighted by molar-refractivity contribution is 5.47. The van der Waals surface area contributed by atoms with E-state index in [-0.39, 0.29) is 6.61 Å². The summed E-state index contributed by atoms with van der Waals surface area (Å²) in [5.41, 5.74) is 7.31. The third-order valence-corrected chi connectivity index (χ3v) is 3.67. The number of anilines is 1. The van der Waals surface area contributed by atoms with Crippen LogP contribution in [0.4, 0.5) is 5.69 Å². The van der Waals surface area contributed by atoms with Crippen LogP contribution in [0, 0.1) is 0 Å². The topological polar surface area (TPSA) is 69.7 Å². The molecular formula is C14H22N2O2. The van der Waals surface area contributed by atoms with Gasteiger partial charge in [0.05, 0.1) is 0 Å². The Morgan fingerprint density at radius 3 is 2.72 bits per heavy atom. The number of nitrogens with zero attached hydrogens (tertiary/aromatic N) is 1. The summed E-state index contributed by atoms with van der Waals surface area (Å²) < 4.78 is 0. The predicted molar refractivity (Wildman–Crippen MR) is 72.3 cm³/mol. The molecule has 0 unspecified atom stereocenters. The molecule has 0 radical (unpaired) electrons. The van der Waals surface area contributed by atoms with Gasteiger partial charge in [0.2, 0.25) is 0 Å². The number of benzene rings is 1. The van der Waals surface area contributed by atoms with Gasteiger partial charge in [0.1, 0.15) is 5.75 Å². The van der Waals surface area contributed by atoms with E-state index in [4.69, 9.17) is 10.8 Å². The number of rotatable bonds is 6. The average Bonchev–Trinajstić information content (AvgIpc) is 2.28. The average molecular weight is 250 g/mol. The minimum Gasteiger partial charge on any atom is -0.508 e. The molecule has 1 fully saturated rings. The number of phenolic OH excluding ortho intramolecular Hbond substituents is 1. The van der Waals surface area contributed by atoms with Crippen LogP contribution in [0.25, 0.3) is 0 Å². The summed E-state index contributed by atoms with van der Waals surface area (Å²) in [4.78, 5) is 2.34. The molecule has 1 aromatic rings. The molecule has 0 aliphatic heterocycles. The predicted octanol–water partition coefficient (Wildman–Crippen LogP) is 1.71. The zero-order valence-corrected chi connectivity index (χ0v) is 10.7. The van der Waals surface area contributed by atoms with E-state index in [2.05, 4.69) is 4.90 Å². The molecule has 1 aliphatic rings. The number of hydrogen-bond donors (Lipinski definition) is 3. The Balaban J connectivity index is 2.04. The zero-order chi connectivity index (χ0) is 13.0. The van der Waals surface area contributed by atoms with E-state index in [1.165, 1.54) is 19.3 Å². The Morgan fingerprint density at radius 2 is 2.11 bits per heavy atom. The molecule has 100 valence electrons. The molecule has 18 heavy (non-hydrogen) atoms. The Morgan fingerprint density at radius 1 is 1.33 bits per heavy atom. The van der Waals surface area contributed by atoms with E-state index in [1.807, 2.05) is 6.07 Å². The first-order valence-corrected chi connectivity index (χ1v) is 6.63. The summed E-state index contributed by atoms with van der Waals surface area (Å²) in [6.07, 6.45) is 4.49. The van der Waals surface area contributed by atoms with Crippen molar-refractivity contribution in [2.75, 3.05) is 18.9 Å². The van der Waals surface area contributed by atoms with Gasteiger partial charge in [0.25, 0.3) is 0 Å². The molecule has 1 aliphatic carbocycles. The molecule has 1 aromatic carbocycles. The maximum absolute atomic E-state index is 9.85. The fourth-order valence-electron chi connectivity index (χ4n) is 2.37. The van der Waals surface area contributed by atoms with Crippen LogP contribution in [0.15, 0.2) is 18.2 Å². The number of aliphatic hydroxyl groups is 1. The minimum atomic E-state index is 0.214. The molecule has 4 nitrogen and oxygen atoms in total. The second-order valence-corrected chi connectivity index (χ2v) is 5.02. The van der Waals surface area contributed by atoms with Crippen LogP contribution in [-0.2, 0) is 6.54 Å². The number of hydrogen-bond acceptors (Lipinski definition) is 4. The first kappa shape index (κ1) is 13.2. The lowest BCUT2D eigenvalue weighted by atomic mass is 9.91. The molecule has 4 N–H and O–H groups in total. The van der Waals surface area contributed by atoms with Crippen LogP contribution in [0.5, 0.6) is 5.75 Å². The van der Waals surface area contributed by atoms with Crippen molar-refractivity contribution in [2.45, 2.75) is 38.3 Å². The summed E-state index contributed by atoms with van der Waals surface area (Å²) in [7, 11) is 0. The van der Waals surface area contributed by atoms with Crippen LogP contribution < -0.4 is 5.73 Å². The lowest BCUT2D eigenvalue weighted by molar-refractivity contribution is 0.108. The van der Waals surface area contributed by atoms with Gasteiger partial charge in [-0.2, -0.15) is 0 Å². The van der Waals surface area contributed by atoms with E-state index in [0.717, 1.165) is 18.5 Å². The van der Waals surface area contributed by atoms with Gasteiger partial charge in [-0.1, -0.05) is 6.42 Å². The second kappa shape index (κ2) is 6.07. The van der Waals surface area contributed by atoms with E-state index < -0.39 is 0 Å². The Kier molecular flexibility index (Phi) is 4.44. The normalized spacial score (nSPS) is 15.9. The smallest absolute Gasteiger partial charge is 0.120 e. The highest BCUT2D eigenvalue weighted by Gasteiger charge is 2.25. The number of aromatic hydroxyl groups is 1. The van der Waals surface area contributed by atoms with Crippen molar-refractivity contribution in [2.24, 2.45) is 0 Å². The third-order valence-electron chi connectivity index (χ3n) is 3.67. The molecular weight excluding hydrogens is 228 g/mol. The fourth-order valence-corrected chi connectivity index (χ4v) is 2.37. The van der Waals surface area contributed by atoms with Crippen LogP contribution in [-0.4, -0.2) is 34.3 Å². The lowest BCUT2D eigenvalue weighted by Gasteiger charge is -2.37. The van der Waals surface area contributed by atoms with Crippen molar-refractivity contribution in [3.8, 4) is 5.75 Å². The van der Waals surface area contributed by atoms with E-state index >= 15 is 0 Å². The maximum atomic E-state index is 9.85. The third kappa shape index (κ3) is 3.15. The standard InChI is InChI=1S/C14H22N2O2/c15-12-5-6-14(18)11(9-12)10-16(7-2-8-17)13-3-1-4-13/h5-6,9,13,17-18H,1-4,7-8,10,15H2. The first-order valence-electron chi connectivity index (χ1n) is 6.63. The fraction of sp³-hybridized carbons (Fsp3) is 0.571. The summed E-state index contributed by atoms with van der Waals surface area (Å²) in [5, 5.41) is 18.8. The SMILES string of the molecule is Nc1ccc(O)c(CN(CCCO)C2CCC2)c1. The molecule has 0 amide bonds. The molecule has 0 spiro atoms. The lowest BCUT2D eigenvalue weighted by Crippen LogP contribution is -2.40. The van der Waals surface area contributed by atoms with Crippen molar-refractivity contribution in [1.29, 1.82) is 0 Å². The minimum absolute atomic E-state index is 0.214. The summed E-state index contributed by atoms with van der Waals surface area (Å²) in [6.45, 7) is 1.79. The van der Waals surface area contributed by atoms with Gasteiger partial charge in [0.15, 0.2) is 0 Å². The van der Waals surface area contributed by atoms with Gasteiger partial charge in [0, 0.05) is 37.0 Å². The van der Waals surface area contributed by atoms with Gasteiger partial charge in [-0.3, -0.25) is 4.90 Å². The molecule has 0 aromatic heterocycles. The number of phenols is 1. The van der Waals surface area contributed by atoms with Crippen molar-refractivity contribution in [1.82, 2.24) is 4.90 Å². The van der Waals surface area contributed by atoms with Gasteiger partial charge in [-0.15, -0.1) is 0 Å². The van der Waals surface area contributed by atoms with Crippen molar-refractivity contribution in [3.05, 3.63) is 23.8 Å². The summed E-state index contributed by atoms with van der Waals surface area (Å²) in [6, 6.07) is 5.79. The van der Waals surface area contributed by atoms with Crippen LogP contribution in [0.1, 0.15) is 31.2 Å². The Labute approximate surface area is 108 Å². The molecule has 0 bridgehead atoms. The van der Waals surface area contributed by atoms with Crippen molar-refractivity contribution >= 4 is 5.69 Å². The summed E-state index contributed by atoms with van der Waals surface area (Å²) in [5.74, 6) is 0.303. The highest BCUT2D eigenvalue weighted by Crippen LogP contribution is 2.29. The van der Waals surface area contributed by atoms with Crippen molar-refractivity contribution in [3.63, 3.8) is 0 Å². The Bertz CT molecular complexity index is 391. The highest BCUT2D eigenvalue weighted by atomic mass is 16.3. The number of nitrogen functional groups attached to an aromatic ring is 1. The summed E-state index contributed by atoms with van der Waals surface area (Å²) >= 11 is 0. The van der Waals surface area contributed by atoms with Crippen LogP contribution in [0.3, 0.4) is 0 Å². The maximum Gasteiger partial charge on any atom is 0.120 e. The molecule has 4 heteroatoms. The van der Waals surface area contributed by atoms with Crippen LogP contribution in [0.2, 0.25) is 0 Å². The van der Waals surface area contributed by atoms with Gasteiger partial charge >= 0.3 is 0 Å². The second-order valence-electron chi connectivity index (χ2n) is 5.02. The van der Waals surface area contributed by atoms with Gasteiger partial charge in [-0.05, 0) is 37.5 Å². The number of nitrogens with two attached hydrogens (primary N) is 1. The van der Waals surface area contributed by atoms with Crippen molar-refractivity contribution < 1.29 is 10.2 Å². The molecule has 0 heterocycles. The van der Waals surface area contributed by atoms with E-state index in [0.29, 0.717) is 24.0 Å². The van der Waals surface area contributed by atoms with Crippen LogP contribution >= 0.6 is 0 Å². The van der Waals surface area contributed by atoms with E-state index in [1.54, 1.807) is 12.1 Å². The first-order chi connectivity index (χ1) is 8.70. The molecule has 0 saturated heterocycles. The Hall–Kier alpha value is -1.26. The monoisotopic (exact) mass is 250 g/mol. The number of aliphatic hydroxyl groups excluding tert-OH is 1. The molecule has 0 atom stereocenters. The van der Waals surface area contributed by atoms with Gasteiger partial charge in [-0.25, -0.2) is 0 Å². The zero-order valence-electron chi connectivity index (χ0n) is 10.7. The van der Waals surface area contributed by atoms with Gasteiger partial charge < -0.3 is 15.9 Å². The molecule has 2 rings (SSSR count).